The molecule has 2 rings (SSSR count). The summed E-state index contributed by atoms with van der Waals surface area (Å²) >= 11 is 0. The predicted molar refractivity (Wildman–Crippen MR) is 81.0 cm³/mol. The van der Waals surface area contributed by atoms with E-state index in [0.717, 1.165) is 11.4 Å². The number of benzene rings is 2. The normalized spacial score (nSPS) is 9.89. The van der Waals surface area contributed by atoms with E-state index in [0.29, 0.717) is 0 Å². The minimum absolute atomic E-state index is 0.894. The quantitative estimate of drug-likeness (QED) is 0.666. The van der Waals surface area contributed by atoms with Gasteiger partial charge in [-0.05, 0) is 74.2 Å². The van der Waals surface area contributed by atoms with Crippen molar-refractivity contribution in [2.45, 2.75) is 27.7 Å². The van der Waals surface area contributed by atoms with E-state index in [-0.39, 0.29) is 0 Å². The zero-order chi connectivity index (χ0) is 13.8. The Balaban J connectivity index is 2.28. The molecule has 0 bridgehead atoms. The van der Waals surface area contributed by atoms with Crippen LogP contribution >= 0.6 is 0 Å². The van der Waals surface area contributed by atoms with Crippen molar-refractivity contribution >= 4 is 17.4 Å². The summed E-state index contributed by atoms with van der Waals surface area (Å²) in [6, 6.07) is 15.1. The van der Waals surface area contributed by atoms with E-state index in [1.165, 1.54) is 22.3 Å². The molecule has 19 heavy (non-hydrogen) atoms. The lowest BCUT2D eigenvalue weighted by Crippen LogP contribution is -1.76. The van der Waals surface area contributed by atoms with E-state index < -0.39 is 0 Å². The first-order valence-corrected chi connectivity index (χ1v) is 6.36. The first kappa shape index (κ1) is 13.3. The Bertz CT molecular complexity index is 567. The van der Waals surface area contributed by atoms with Crippen LogP contribution in [0.25, 0.3) is 0 Å². The molecular formula is C17H18N2. The van der Waals surface area contributed by atoms with Gasteiger partial charge in [-0.25, -0.2) is 0 Å². The van der Waals surface area contributed by atoms with Crippen LogP contribution in [-0.4, -0.2) is 6.01 Å². The second-order valence-corrected chi connectivity index (χ2v) is 5.02. The highest BCUT2D eigenvalue weighted by Gasteiger charge is 1.94. The minimum Gasteiger partial charge on any atom is -0.188 e. The van der Waals surface area contributed by atoms with Gasteiger partial charge in [0.1, 0.15) is 6.01 Å². The lowest BCUT2D eigenvalue weighted by atomic mass is 10.1. The lowest BCUT2D eigenvalue weighted by Gasteiger charge is -1.98. The van der Waals surface area contributed by atoms with E-state index in [1.807, 2.05) is 24.3 Å². The molecule has 0 N–H and O–H groups in total. The standard InChI is InChI=1S/C17H18N2/c1-12-5-13(2)8-16(7-12)18-11-19-17-9-14(3)6-15(4)10-17/h5-10H,1-4H3. The first-order valence-electron chi connectivity index (χ1n) is 6.36. The van der Waals surface area contributed by atoms with Crippen LogP contribution in [0.5, 0.6) is 0 Å². The molecule has 2 heteroatoms. The summed E-state index contributed by atoms with van der Waals surface area (Å²) in [4.78, 5) is 8.53. The molecule has 0 unspecified atom stereocenters. The smallest absolute Gasteiger partial charge is 0.100 e. The number of hydrogen-bond donors (Lipinski definition) is 0. The molecule has 2 aromatic rings. The highest BCUT2D eigenvalue weighted by molar-refractivity contribution is 5.59. The number of aliphatic imine (C=N–C) groups is 2. The maximum absolute atomic E-state index is 4.27. The molecule has 0 aliphatic carbocycles. The molecule has 0 saturated carbocycles. The molecule has 0 atom stereocenters. The van der Waals surface area contributed by atoms with Crippen LogP contribution < -0.4 is 0 Å². The van der Waals surface area contributed by atoms with Gasteiger partial charge in [0.05, 0.1) is 11.4 Å². The molecule has 96 valence electrons. The molecule has 2 nitrogen and oxygen atoms in total. The van der Waals surface area contributed by atoms with Crippen molar-refractivity contribution in [2.24, 2.45) is 9.98 Å². The summed E-state index contributed by atoms with van der Waals surface area (Å²) in [5, 5.41) is 0. The van der Waals surface area contributed by atoms with Crippen molar-refractivity contribution in [1.82, 2.24) is 0 Å². The summed E-state index contributed by atoms with van der Waals surface area (Å²) in [6.45, 7) is 8.25. The zero-order valence-electron chi connectivity index (χ0n) is 11.9. The van der Waals surface area contributed by atoms with E-state index >= 15 is 0 Å². The molecule has 0 aromatic heterocycles. The molecule has 0 fully saturated rings. The average molecular weight is 250 g/mol. The molecule has 0 saturated heterocycles. The molecule has 0 aliphatic rings. The van der Waals surface area contributed by atoms with E-state index in [2.05, 4.69) is 55.8 Å². The second-order valence-electron chi connectivity index (χ2n) is 5.02. The first-order chi connectivity index (χ1) is 9.02. The highest BCUT2D eigenvalue weighted by atomic mass is 14.8. The lowest BCUT2D eigenvalue weighted by molar-refractivity contribution is 1.35. The van der Waals surface area contributed by atoms with Gasteiger partial charge < -0.3 is 0 Å². The third-order valence-electron chi connectivity index (χ3n) is 2.77. The van der Waals surface area contributed by atoms with E-state index in [9.17, 15) is 0 Å². The van der Waals surface area contributed by atoms with Crippen molar-refractivity contribution < 1.29 is 0 Å². The molecule has 2 aromatic carbocycles. The number of rotatable bonds is 2. The number of aryl methyl sites for hydroxylation is 4. The van der Waals surface area contributed by atoms with Gasteiger partial charge in [-0.3, -0.25) is 0 Å². The Morgan fingerprint density at radius 1 is 0.579 bits per heavy atom. The minimum atomic E-state index is 0.894. The van der Waals surface area contributed by atoms with Crippen molar-refractivity contribution in [1.29, 1.82) is 0 Å². The summed E-state index contributed by atoms with van der Waals surface area (Å²) in [6.07, 6.45) is 0. The monoisotopic (exact) mass is 250 g/mol. The molecule has 0 aliphatic heterocycles. The van der Waals surface area contributed by atoms with Crippen molar-refractivity contribution in [3.63, 3.8) is 0 Å². The third-order valence-corrected chi connectivity index (χ3v) is 2.77. The van der Waals surface area contributed by atoms with Crippen LogP contribution in [0, 0.1) is 27.7 Å². The fourth-order valence-electron chi connectivity index (χ4n) is 2.17. The molecular weight excluding hydrogens is 232 g/mol. The van der Waals surface area contributed by atoms with Crippen molar-refractivity contribution in [3.8, 4) is 0 Å². The SMILES string of the molecule is Cc1cc(C)cc(N=C=Nc2cc(C)cc(C)c2)c1. The fourth-order valence-corrected chi connectivity index (χ4v) is 2.17. The maximum Gasteiger partial charge on any atom is 0.100 e. The summed E-state index contributed by atoms with van der Waals surface area (Å²) in [5.74, 6) is 0. The van der Waals surface area contributed by atoms with Gasteiger partial charge in [0.2, 0.25) is 0 Å². The van der Waals surface area contributed by atoms with E-state index in [4.69, 9.17) is 0 Å². The Kier molecular flexibility index (Phi) is 3.94. The summed E-state index contributed by atoms with van der Waals surface area (Å²) < 4.78 is 0. The van der Waals surface area contributed by atoms with Gasteiger partial charge in [-0.15, -0.1) is 0 Å². The average Bonchev–Trinajstić information content (AvgIpc) is 2.26. The summed E-state index contributed by atoms with van der Waals surface area (Å²) in [7, 11) is 0. The summed E-state index contributed by atoms with van der Waals surface area (Å²) in [5.41, 5.74) is 6.59. The Morgan fingerprint density at radius 2 is 0.895 bits per heavy atom. The molecule has 0 heterocycles. The fraction of sp³-hybridized carbons (Fsp3) is 0.235. The number of hydrogen-bond acceptors (Lipinski definition) is 2. The third kappa shape index (κ3) is 3.90. The second kappa shape index (κ2) is 5.64. The van der Waals surface area contributed by atoms with Gasteiger partial charge in [-0.1, -0.05) is 12.1 Å². The largest absolute Gasteiger partial charge is 0.188 e. The Labute approximate surface area is 114 Å². The maximum atomic E-state index is 4.27. The Hall–Kier alpha value is -2.18. The highest BCUT2D eigenvalue weighted by Crippen LogP contribution is 2.18. The van der Waals surface area contributed by atoms with Gasteiger partial charge in [0.15, 0.2) is 0 Å². The predicted octanol–water partition coefficient (Wildman–Crippen LogP) is 5.06. The van der Waals surface area contributed by atoms with Crippen LogP contribution in [0.2, 0.25) is 0 Å². The van der Waals surface area contributed by atoms with Gasteiger partial charge in [0, 0.05) is 0 Å². The zero-order valence-corrected chi connectivity index (χ0v) is 11.9. The van der Waals surface area contributed by atoms with Gasteiger partial charge >= 0.3 is 0 Å². The van der Waals surface area contributed by atoms with Crippen molar-refractivity contribution in [3.05, 3.63) is 58.7 Å². The van der Waals surface area contributed by atoms with E-state index in [1.54, 1.807) is 0 Å². The van der Waals surface area contributed by atoms with Crippen LogP contribution in [0.3, 0.4) is 0 Å². The van der Waals surface area contributed by atoms with Crippen LogP contribution in [0.15, 0.2) is 46.4 Å². The van der Waals surface area contributed by atoms with Crippen LogP contribution in [0.1, 0.15) is 22.3 Å². The molecule has 0 amide bonds. The van der Waals surface area contributed by atoms with Gasteiger partial charge in [-0.2, -0.15) is 9.98 Å². The molecule has 0 spiro atoms. The molecule has 0 radical (unpaired) electrons. The van der Waals surface area contributed by atoms with Crippen LogP contribution in [0.4, 0.5) is 11.4 Å². The number of nitrogens with zero attached hydrogens (tertiary/aromatic N) is 2. The van der Waals surface area contributed by atoms with Gasteiger partial charge in [0.25, 0.3) is 0 Å². The Morgan fingerprint density at radius 3 is 1.21 bits per heavy atom. The topological polar surface area (TPSA) is 24.7 Å². The van der Waals surface area contributed by atoms with Crippen LogP contribution in [-0.2, 0) is 0 Å². The van der Waals surface area contributed by atoms with Crippen molar-refractivity contribution in [2.75, 3.05) is 0 Å².